The number of methoxy groups -OCH3 is 1. The molecule has 1 heterocycles. The summed E-state index contributed by atoms with van der Waals surface area (Å²) in [5.74, 6) is -1.10. The zero-order chi connectivity index (χ0) is 29.3. The molecule has 3 rings (SSSR count). The molecule has 1 saturated carbocycles. The molecule has 5 atom stereocenters. The Kier molecular flexibility index (Phi) is 12.3. The molecule has 40 heavy (non-hydrogen) atoms. The number of halogens is 2. The first-order valence-corrected chi connectivity index (χ1v) is 14.8. The number of rotatable bonds is 12. The second kappa shape index (κ2) is 15.2. The summed E-state index contributed by atoms with van der Waals surface area (Å²) < 4.78 is 20.3. The highest BCUT2D eigenvalue weighted by Gasteiger charge is 2.43. The number of amides is 3. The second-order valence-electron chi connectivity index (χ2n) is 11.4. The third-order valence-electron chi connectivity index (χ3n) is 8.64. The molecule has 9 nitrogen and oxygen atoms in total. The Morgan fingerprint density at radius 1 is 1.18 bits per heavy atom. The predicted molar refractivity (Wildman–Crippen MR) is 151 cm³/mol. The van der Waals surface area contributed by atoms with E-state index in [9.17, 15) is 24.9 Å². The predicted octanol–water partition coefficient (Wildman–Crippen LogP) is 4.87. The maximum Gasteiger partial charge on any atom is 0.404 e. The van der Waals surface area contributed by atoms with Crippen LogP contribution in [0.25, 0.3) is 0 Å². The van der Waals surface area contributed by atoms with E-state index in [1.165, 1.54) is 6.07 Å². The summed E-state index contributed by atoms with van der Waals surface area (Å²) in [5, 5.41) is 37.7. The third-order valence-corrected chi connectivity index (χ3v) is 8.93. The molecule has 0 radical (unpaired) electrons. The first-order chi connectivity index (χ1) is 19.1. The Bertz CT molecular complexity index is 981. The van der Waals surface area contributed by atoms with Gasteiger partial charge in [-0.3, -0.25) is 0 Å². The number of nitrogens with one attached hydrogen (secondary N) is 2. The lowest BCUT2D eigenvalue weighted by Crippen LogP contribution is -2.58. The number of hydrogen-bond donors (Lipinski definition) is 5. The van der Waals surface area contributed by atoms with Crippen LogP contribution in [0.3, 0.4) is 0 Å². The van der Waals surface area contributed by atoms with Crippen molar-refractivity contribution in [3.8, 4) is 0 Å². The minimum Gasteiger partial charge on any atom is -0.465 e. The molecule has 1 unspecified atom stereocenters. The Morgan fingerprint density at radius 2 is 1.90 bits per heavy atom. The van der Waals surface area contributed by atoms with Crippen molar-refractivity contribution in [3.05, 3.63) is 34.6 Å². The lowest BCUT2D eigenvalue weighted by Gasteiger charge is -2.43. The fourth-order valence-electron chi connectivity index (χ4n) is 6.39. The number of aliphatic hydroxyl groups excluding tert-OH is 1. The highest BCUT2D eigenvalue weighted by Crippen LogP contribution is 2.42. The van der Waals surface area contributed by atoms with E-state index in [1.807, 2.05) is 0 Å². The first-order valence-electron chi connectivity index (χ1n) is 14.5. The standard InChI is InChI=1S/C29H45ClFN3O6/c1-19(26(35)25(33-28(37)38)20-10-4-3-5-11-20)32-27(36)34-16-9-12-21(18-34)29(39,15-6-7-17-40-2)22-13-8-14-23(30)24(22)31/h8,13-14,19-21,25-26,33,35,39H,3-7,9-12,15-18H2,1-2H3,(H,32,36)(H,37,38)/t19-,21+,25?,26+,29-/m0/s1. The van der Waals surface area contributed by atoms with Gasteiger partial charge in [-0.15, -0.1) is 0 Å². The van der Waals surface area contributed by atoms with Gasteiger partial charge in [0.15, 0.2) is 0 Å². The van der Waals surface area contributed by atoms with Crippen LogP contribution in [-0.2, 0) is 10.3 Å². The number of nitrogens with zero attached hydrogens (tertiary/aromatic N) is 1. The van der Waals surface area contributed by atoms with Crippen molar-refractivity contribution in [1.82, 2.24) is 15.5 Å². The molecule has 0 bridgehead atoms. The number of aliphatic hydroxyl groups is 2. The number of ether oxygens (including phenoxy) is 1. The van der Waals surface area contributed by atoms with Gasteiger partial charge in [-0.2, -0.15) is 0 Å². The van der Waals surface area contributed by atoms with Gasteiger partial charge in [-0.25, -0.2) is 14.0 Å². The van der Waals surface area contributed by atoms with Crippen LogP contribution in [0.1, 0.15) is 76.7 Å². The van der Waals surface area contributed by atoms with Crippen LogP contribution in [0.5, 0.6) is 0 Å². The average Bonchev–Trinajstić information content (AvgIpc) is 2.95. The number of benzene rings is 1. The van der Waals surface area contributed by atoms with Crippen molar-refractivity contribution >= 4 is 23.7 Å². The van der Waals surface area contributed by atoms with Gasteiger partial charge in [0.25, 0.3) is 0 Å². The van der Waals surface area contributed by atoms with Gasteiger partial charge in [-0.05, 0) is 63.9 Å². The molecule has 1 saturated heterocycles. The van der Waals surface area contributed by atoms with Crippen LogP contribution in [0.4, 0.5) is 14.0 Å². The van der Waals surface area contributed by atoms with Crippen molar-refractivity contribution in [1.29, 1.82) is 0 Å². The summed E-state index contributed by atoms with van der Waals surface area (Å²) in [4.78, 5) is 26.4. The number of unbranched alkanes of at least 4 members (excludes halogenated alkanes) is 1. The molecule has 2 fully saturated rings. The molecular weight excluding hydrogens is 541 g/mol. The van der Waals surface area contributed by atoms with Gasteiger partial charge >= 0.3 is 12.1 Å². The summed E-state index contributed by atoms with van der Waals surface area (Å²) in [6.45, 7) is 2.83. The minimum atomic E-state index is -1.54. The van der Waals surface area contributed by atoms with Gasteiger partial charge in [0.1, 0.15) is 5.82 Å². The van der Waals surface area contributed by atoms with E-state index in [0.717, 1.165) is 32.1 Å². The molecular formula is C29H45ClFN3O6. The monoisotopic (exact) mass is 585 g/mol. The van der Waals surface area contributed by atoms with Crippen LogP contribution >= 0.6 is 11.6 Å². The first kappa shape index (κ1) is 32.4. The highest BCUT2D eigenvalue weighted by atomic mass is 35.5. The van der Waals surface area contributed by atoms with Crippen LogP contribution in [0, 0.1) is 17.7 Å². The third kappa shape index (κ3) is 8.21. The van der Waals surface area contributed by atoms with Gasteiger partial charge in [0, 0.05) is 38.3 Å². The number of likely N-dealkylation sites (tertiary alicyclic amines) is 1. The largest absolute Gasteiger partial charge is 0.465 e. The lowest BCUT2D eigenvalue weighted by molar-refractivity contribution is -0.0589. The fourth-order valence-corrected chi connectivity index (χ4v) is 6.56. The van der Waals surface area contributed by atoms with Crippen LogP contribution < -0.4 is 10.6 Å². The fraction of sp³-hybridized carbons (Fsp3) is 0.724. The van der Waals surface area contributed by atoms with Gasteiger partial charge in [0.05, 0.1) is 28.8 Å². The molecule has 226 valence electrons. The second-order valence-corrected chi connectivity index (χ2v) is 11.8. The maximum absolute atomic E-state index is 15.2. The lowest BCUT2D eigenvalue weighted by atomic mass is 9.74. The van der Waals surface area contributed by atoms with Crippen LogP contribution in [0.15, 0.2) is 18.2 Å². The average molecular weight is 586 g/mol. The molecule has 11 heteroatoms. The Hall–Kier alpha value is -2.14. The maximum atomic E-state index is 15.2. The number of carbonyl (C=O) groups is 2. The normalized spacial score (nSPS) is 22.1. The van der Waals surface area contributed by atoms with E-state index in [1.54, 1.807) is 31.1 Å². The van der Waals surface area contributed by atoms with Gasteiger partial charge < -0.3 is 35.6 Å². The Balaban J connectivity index is 1.72. The molecule has 0 spiro atoms. The van der Waals surface area contributed by atoms with E-state index in [4.69, 9.17) is 16.3 Å². The van der Waals surface area contributed by atoms with Crippen LogP contribution in [-0.4, -0.2) is 77.3 Å². The number of carbonyl (C=O) groups excluding carboxylic acids is 1. The number of carboxylic acid groups (broad SMARTS) is 1. The van der Waals surface area contributed by atoms with Gasteiger partial charge in [-0.1, -0.05) is 43.0 Å². The van der Waals surface area contributed by atoms with E-state index in [0.29, 0.717) is 38.8 Å². The van der Waals surface area contributed by atoms with Crippen molar-refractivity contribution in [2.75, 3.05) is 26.8 Å². The Morgan fingerprint density at radius 3 is 2.58 bits per heavy atom. The van der Waals surface area contributed by atoms with Gasteiger partial charge in [0.2, 0.25) is 0 Å². The molecule has 0 aromatic heterocycles. The van der Waals surface area contributed by atoms with Crippen molar-refractivity contribution in [2.45, 2.75) is 94.9 Å². The summed E-state index contributed by atoms with van der Waals surface area (Å²) in [7, 11) is 1.60. The molecule has 1 aliphatic heterocycles. The molecule has 3 amide bonds. The van der Waals surface area contributed by atoms with Crippen molar-refractivity contribution < 1.29 is 34.0 Å². The van der Waals surface area contributed by atoms with E-state index in [2.05, 4.69) is 10.6 Å². The van der Waals surface area contributed by atoms with E-state index < -0.39 is 47.6 Å². The molecule has 2 aliphatic rings. The van der Waals surface area contributed by atoms with Crippen molar-refractivity contribution in [3.63, 3.8) is 0 Å². The number of piperidine rings is 1. The summed E-state index contributed by atoms with van der Waals surface area (Å²) in [5.41, 5.74) is -1.41. The quantitative estimate of drug-likeness (QED) is 0.222. The smallest absolute Gasteiger partial charge is 0.404 e. The Labute approximate surface area is 241 Å². The summed E-state index contributed by atoms with van der Waals surface area (Å²) >= 11 is 6.08. The molecule has 1 aromatic rings. The van der Waals surface area contributed by atoms with Crippen molar-refractivity contribution in [2.24, 2.45) is 11.8 Å². The molecule has 1 aromatic carbocycles. The molecule has 5 N–H and O–H groups in total. The molecule has 1 aliphatic carbocycles. The minimum absolute atomic E-state index is 0.000671. The number of urea groups is 1. The van der Waals surface area contributed by atoms with E-state index in [-0.39, 0.29) is 29.5 Å². The van der Waals surface area contributed by atoms with Crippen LogP contribution in [0.2, 0.25) is 5.02 Å². The zero-order valence-electron chi connectivity index (χ0n) is 23.6. The highest BCUT2D eigenvalue weighted by molar-refractivity contribution is 6.30. The topological polar surface area (TPSA) is 131 Å². The van der Waals surface area contributed by atoms with E-state index >= 15 is 4.39 Å². The zero-order valence-corrected chi connectivity index (χ0v) is 24.3. The summed E-state index contributed by atoms with van der Waals surface area (Å²) in [6.07, 6.45) is 5.16. The number of hydrogen-bond acceptors (Lipinski definition) is 5. The SMILES string of the molecule is COCCCC[C@@](O)(c1cccc(Cl)c1F)[C@@H]1CCCN(C(=O)N[C@@H](C)[C@@H](O)C(NC(=O)O)C2CCCCC2)C1. The summed E-state index contributed by atoms with van der Waals surface area (Å²) in [6, 6.07) is 2.79.